The highest BCUT2D eigenvalue weighted by molar-refractivity contribution is 5.68. The molecule has 0 bridgehead atoms. The van der Waals surface area contributed by atoms with E-state index < -0.39 is 29.9 Å². The van der Waals surface area contributed by atoms with Gasteiger partial charge in [0.05, 0.1) is 12.1 Å². The van der Waals surface area contributed by atoms with E-state index in [0.29, 0.717) is 6.42 Å². The Labute approximate surface area is 102 Å². The summed E-state index contributed by atoms with van der Waals surface area (Å²) in [6.07, 6.45) is -0.696. The maximum absolute atomic E-state index is 11.5. The van der Waals surface area contributed by atoms with Crippen LogP contribution in [0.15, 0.2) is 12.7 Å². The lowest BCUT2D eigenvalue weighted by atomic mass is 10.0. The number of hydrogen-bond donors (Lipinski definition) is 3. The molecule has 100 valence electrons. The van der Waals surface area contributed by atoms with Gasteiger partial charge in [-0.3, -0.25) is 0 Å². The van der Waals surface area contributed by atoms with Crippen molar-refractivity contribution in [1.82, 2.24) is 5.32 Å². The predicted molar refractivity (Wildman–Crippen MR) is 65.7 cm³/mol. The molecule has 0 heterocycles. The molecule has 0 aromatic rings. The zero-order valence-electron chi connectivity index (χ0n) is 10.9. The van der Waals surface area contributed by atoms with Crippen LogP contribution < -0.4 is 5.32 Å². The molecular formula is C12H23NO4. The van der Waals surface area contributed by atoms with Crippen molar-refractivity contribution >= 4 is 6.09 Å². The lowest BCUT2D eigenvalue weighted by molar-refractivity contribution is 0.000267. The number of hydrogen-bond acceptors (Lipinski definition) is 4. The minimum absolute atomic E-state index is 0.352. The summed E-state index contributed by atoms with van der Waals surface area (Å²) in [5, 5.41) is 21.5. The zero-order valence-corrected chi connectivity index (χ0v) is 10.9. The van der Waals surface area contributed by atoms with Gasteiger partial charge in [-0.05, 0) is 34.1 Å². The summed E-state index contributed by atoms with van der Waals surface area (Å²) < 4.78 is 5.07. The van der Waals surface area contributed by atoms with E-state index in [1.54, 1.807) is 26.8 Å². The number of nitrogens with one attached hydrogen (secondary N) is 1. The van der Waals surface area contributed by atoms with Crippen molar-refractivity contribution in [2.75, 3.05) is 0 Å². The SMILES string of the molecule is C=CC[C@H](NC(=O)OC(C)(C)C)[C@@H](O)[C@H](C)O. The standard InChI is InChI=1S/C12H23NO4/c1-6-7-9(10(15)8(2)14)13-11(16)17-12(3,4)5/h6,8-10,14-15H,1,7H2,2-5H3,(H,13,16)/t8-,9-,10-/m0/s1. The van der Waals surface area contributed by atoms with Crippen molar-refractivity contribution < 1.29 is 19.7 Å². The molecular weight excluding hydrogens is 222 g/mol. The molecule has 0 aliphatic heterocycles. The molecule has 0 aromatic carbocycles. The number of ether oxygens (including phenoxy) is 1. The zero-order chi connectivity index (χ0) is 13.6. The van der Waals surface area contributed by atoms with Gasteiger partial charge >= 0.3 is 6.09 Å². The number of carbonyl (C=O) groups excluding carboxylic acids is 1. The summed E-state index contributed by atoms with van der Waals surface area (Å²) in [6.45, 7) is 10.2. The lowest BCUT2D eigenvalue weighted by Gasteiger charge is -2.27. The lowest BCUT2D eigenvalue weighted by Crippen LogP contribution is -2.48. The fourth-order valence-corrected chi connectivity index (χ4v) is 1.26. The van der Waals surface area contributed by atoms with Gasteiger partial charge in [0.15, 0.2) is 0 Å². The van der Waals surface area contributed by atoms with Crippen LogP contribution in [0, 0.1) is 0 Å². The van der Waals surface area contributed by atoms with Crippen molar-refractivity contribution in [2.45, 2.75) is 58.0 Å². The Balaban J connectivity index is 4.44. The van der Waals surface area contributed by atoms with E-state index in [4.69, 9.17) is 4.74 Å². The van der Waals surface area contributed by atoms with Crippen LogP contribution in [-0.2, 0) is 4.74 Å². The molecule has 0 saturated heterocycles. The second-order valence-electron chi connectivity index (χ2n) is 5.01. The number of amides is 1. The smallest absolute Gasteiger partial charge is 0.407 e. The molecule has 0 rings (SSSR count). The summed E-state index contributed by atoms with van der Waals surface area (Å²) in [4.78, 5) is 11.5. The van der Waals surface area contributed by atoms with Crippen LogP contribution in [0.5, 0.6) is 0 Å². The molecule has 17 heavy (non-hydrogen) atoms. The fourth-order valence-electron chi connectivity index (χ4n) is 1.26. The number of alkyl carbamates (subject to hydrolysis) is 1. The average Bonchev–Trinajstić information content (AvgIpc) is 2.12. The Bertz CT molecular complexity index is 258. The van der Waals surface area contributed by atoms with Gasteiger partial charge in [0.1, 0.15) is 11.7 Å². The Morgan fingerprint density at radius 1 is 1.47 bits per heavy atom. The quantitative estimate of drug-likeness (QED) is 0.636. The van der Waals surface area contributed by atoms with Crippen molar-refractivity contribution in [3.05, 3.63) is 12.7 Å². The molecule has 0 spiro atoms. The molecule has 0 aliphatic rings. The van der Waals surface area contributed by atoms with E-state index in [0.717, 1.165) is 0 Å². The van der Waals surface area contributed by atoms with Crippen molar-refractivity contribution in [2.24, 2.45) is 0 Å². The van der Waals surface area contributed by atoms with E-state index in [1.807, 2.05) is 0 Å². The van der Waals surface area contributed by atoms with Crippen molar-refractivity contribution in [1.29, 1.82) is 0 Å². The molecule has 0 radical (unpaired) electrons. The summed E-state index contributed by atoms with van der Waals surface area (Å²) >= 11 is 0. The number of aliphatic hydroxyl groups excluding tert-OH is 2. The van der Waals surface area contributed by atoms with Gasteiger partial charge in [-0.15, -0.1) is 6.58 Å². The minimum atomic E-state index is -1.06. The summed E-state index contributed by atoms with van der Waals surface area (Å²) in [5.41, 5.74) is -0.599. The number of rotatable bonds is 5. The van der Waals surface area contributed by atoms with Crippen molar-refractivity contribution in [3.8, 4) is 0 Å². The van der Waals surface area contributed by atoms with Crippen LogP contribution in [0.3, 0.4) is 0 Å². The number of aliphatic hydroxyl groups is 2. The first-order valence-electron chi connectivity index (χ1n) is 5.64. The van der Waals surface area contributed by atoms with E-state index >= 15 is 0 Å². The molecule has 5 heteroatoms. The van der Waals surface area contributed by atoms with Crippen LogP contribution in [0.4, 0.5) is 4.79 Å². The molecule has 1 amide bonds. The topological polar surface area (TPSA) is 78.8 Å². The van der Waals surface area contributed by atoms with Gasteiger partial charge in [0.2, 0.25) is 0 Å². The fraction of sp³-hybridized carbons (Fsp3) is 0.750. The van der Waals surface area contributed by atoms with E-state index in [2.05, 4.69) is 11.9 Å². The largest absolute Gasteiger partial charge is 0.444 e. The first-order valence-corrected chi connectivity index (χ1v) is 5.64. The molecule has 0 unspecified atom stereocenters. The molecule has 0 fully saturated rings. The van der Waals surface area contributed by atoms with Gasteiger partial charge < -0.3 is 20.3 Å². The molecule has 0 saturated carbocycles. The van der Waals surface area contributed by atoms with E-state index in [1.165, 1.54) is 6.92 Å². The first kappa shape index (κ1) is 15.9. The van der Waals surface area contributed by atoms with E-state index in [9.17, 15) is 15.0 Å². The maximum atomic E-state index is 11.5. The highest BCUT2D eigenvalue weighted by atomic mass is 16.6. The Hall–Kier alpha value is -1.07. The minimum Gasteiger partial charge on any atom is -0.444 e. The van der Waals surface area contributed by atoms with Crippen LogP contribution in [0.1, 0.15) is 34.1 Å². The summed E-state index contributed by atoms with van der Waals surface area (Å²) in [5.74, 6) is 0. The predicted octanol–water partition coefficient (Wildman–Crippen LogP) is 1.20. The van der Waals surface area contributed by atoms with Crippen LogP contribution in [0.2, 0.25) is 0 Å². The summed E-state index contributed by atoms with van der Waals surface area (Å²) in [6, 6.07) is -0.609. The van der Waals surface area contributed by atoms with Gasteiger partial charge in [0.25, 0.3) is 0 Å². The highest BCUT2D eigenvalue weighted by Crippen LogP contribution is 2.09. The van der Waals surface area contributed by atoms with Gasteiger partial charge in [-0.1, -0.05) is 6.08 Å². The Morgan fingerprint density at radius 3 is 2.35 bits per heavy atom. The molecule has 3 atom stereocenters. The highest BCUT2D eigenvalue weighted by Gasteiger charge is 2.26. The van der Waals surface area contributed by atoms with Crippen molar-refractivity contribution in [3.63, 3.8) is 0 Å². The first-order chi connectivity index (χ1) is 7.67. The molecule has 0 aliphatic carbocycles. The third kappa shape index (κ3) is 6.97. The average molecular weight is 245 g/mol. The van der Waals surface area contributed by atoms with Gasteiger partial charge in [-0.25, -0.2) is 4.79 Å². The summed E-state index contributed by atoms with van der Waals surface area (Å²) in [7, 11) is 0. The second-order valence-corrected chi connectivity index (χ2v) is 5.01. The third-order valence-corrected chi connectivity index (χ3v) is 2.03. The molecule has 5 nitrogen and oxygen atoms in total. The normalized spacial score (nSPS) is 16.8. The van der Waals surface area contributed by atoms with Crippen LogP contribution >= 0.6 is 0 Å². The van der Waals surface area contributed by atoms with Gasteiger partial charge in [0, 0.05) is 0 Å². The van der Waals surface area contributed by atoms with Crippen LogP contribution in [-0.4, -0.2) is 40.2 Å². The monoisotopic (exact) mass is 245 g/mol. The second kappa shape index (κ2) is 6.61. The van der Waals surface area contributed by atoms with E-state index in [-0.39, 0.29) is 0 Å². The van der Waals surface area contributed by atoms with Gasteiger partial charge in [-0.2, -0.15) is 0 Å². The Morgan fingerprint density at radius 2 is 2.00 bits per heavy atom. The molecule has 0 aromatic heterocycles. The third-order valence-electron chi connectivity index (χ3n) is 2.03. The van der Waals surface area contributed by atoms with Crippen LogP contribution in [0.25, 0.3) is 0 Å². The maximum Gasteiger partial charge on any atom is 0.407 e. The number of carbonyl (C=O) groups is 1. The molecule has 3 N–H and O–H groups in total. The Kier molecular flexibility index (Phi) is 6.20.